The standard InChI is InChI=1S/C17H15NO3S/c19-22(20,21-13-11-14-6-2-1-3-7-14)16-10-4-8-15-9-5-12-18-17(15)16/h1-10,12H,11,13H2. The summed E-state index contributed by atoms with van der Waals surface area (Å²) in [5.74, 6) is 0. The molecule has 0 bridgehead atoms. The van der Waals surface area contributed by atoms with Gasteiger partial charge in [-0.1, -0.05) is 48.5 Å². The van der Waals surface area contributed by atoms with Gasteiger partial charge in [-0.3, -0.25) is 9.17 Å². The van der Waals surface area contributed by atoms with Crippen LogP contribution in [0.3, 0.4) is 0 Å². The second-order valence-corrected chi connectivity index (χ2v) is 6.43. The van der Waals surface area contributed by atoms with Crippen LogP contribution < -0.4 is 0 Å². The van der Waals surface area contributed by atoms with E-state index in [0.29, 0.717) is 11.9 Å². The van der Waals surface area contributed by atoms with Crippen LogP contribution in [0.25, 0.3) is 10.9 Å². The number of fused-ring (bicyclic) bond motifs is 1. The second-order valence-electron chi connectivity index (χ2n) is 4.84. The Kier molecular flexibility index (Phi) is 4.18. The molecule has 0 spiro atoms. The molecule has 2 aromatic carbocycles. The van der Waals surface area contributed by atoms with E-state index in [4.69, 9.17) is 4.18 Å². The molecular formula is C17H15NO3S. The summed E-state index contributed by atoms with van der Waals surface area (Å²) in [7, 11) is -3.82. The summed E-state index contributed by atoms with van der Waals surface area (Å²) in [5.41, 5.74) is 1.47. The Morgan fingerprint density at radius 2 is 1.68 bits per heavy atom. The van der Waals surface area contributed by atoms with E-state index in [0.717, 1.165) is 10.9 Å². The van der Waals surface area contributed by atoms with Gasteiger partial charge in [0.15, 0.2) is 0 Å². The van der Waals surface area contributed by atoms with E-state index >= 15 is 0 Å². The molecule has 5 heteroatoms. The summed E-state index contributed by atoms with van der Waals surface area (Å²) < 4.78 is 29.9. The second kappa shape index (κ2) is 6.25. The van der Waals surface area contributed by atoms with Gasteiger partial charge in [-0.25, -0.2) is 0 Å². The maximum absolute atomic E-state index is 12.4. The number of nitrogens with zero attached hydrogens (tertiary/aromatic N) is 1. The first-order valence-corrected chi connectivity index (χ1v) is 8.35. The van der Waals surface area contributed by atoms with Crippen molar-refractivity contribution in [3.8, 4) is 0 Å². The molecule has 0 atom stereocenters. The SMILES string of the molecule is O=S(=O)(OCCc1ccccc1)c1cccc2cccnc12. The fourth-order valence-electron chi connectivity index (χ4n) is 2.26. The third-order valence-electron chi connectivity index (χ3n) is 3.34. The van der Waals surface area contributed by atoms with Gasteiger partial charge in [0.1, 0.15) is 4.90 Å². The van der Waals surface area contributed by atoms with Crippen molar-refractivity contribution in [3.05, 3.63) is 72.4 Å². The molecule has 3 aromatic rings. The van der Waals surface area contributed by atoms with Crippen LogP contribution in [-0.4, -0.2) is 20.0 Å². The highest BCUT2D eigenvalue weighted by Crippen LogP contribution is 2.22. The highest BCUT2D eigenvalue weighted by atomic mass is 32.2. The molecule has 1 heterocycles. The lowest BCUT2D eigenvalue weighted by atomic mass is 10.2. The molecule has 0 saturated carbocycles. The Hall–Kier alpha value is -2.24. The predicted octanol–water partition coefficient (Wildman–Crippen LogP) is 3.18. The number of aromatic nitrogens is 1. The Balaban J connectivity index is 1.80. The van der Waals surface area contributed by atoms with Crippen LogP contribution in [0.15, 0.2) is 71.8 Å². The monoisotopic (exact) mass is 313 g/mol. The zero-order valence-corrected chi connectivity index (χ0v) is 12.7. The van der Waals surface area contributed by atoms with Gasteiger partial charge in [-0.05, 0) is 24.1 Å². The molecule has 0 aliphatic heterocycles. The molecule has 0 amide bonds. The van der Waals surface area contributed by atoms with Crippen molar-refractivity contribution in [1.82, 2.24) is 4.98 Å². The first kappa shape index (κ1) is 14.7. The lowest BCUT2D eigenvalue weighted by molar-refractivity contribution is 0.322. The summed E-state index contributed by atoms with van der Waals surface area (Å²) >= 11 is 0. The molecular weight excluding hydrogens is 298 g/mol. The van der Waals surface area contributed by atoms with Gasteiger partial charge in [0, 0.05) is 11.6 Å². The van der Waals surface area contributed by atoms with Crippen LogP contribution in [0.5, 0.6) is 0 Å². The van der Waals surface area contributed by atoms with Crippen LogP contribution in [0, 0.1) is 0 Å². The molecule has 3 rings (SSSR count). The van der Waals surface area contributed by atoms with Crippen molar-refractivity contribution >= 4 is 21.0 Å². The number of para-hydroxylation sites is 1. The van der Waals surface area contributed by atoms with Crippen molar-refractivity contribution in [3.63, 3.8) is 0 Å². The summed E-state index contributed by atoms with van der Waals surface area (Å²) in [6.45, 7) is 0.107. The van der Waals surface area contributed by atoms with Crippen LogP contribution >= 0.6 is 0 Å². The van der Waals surface area contributed by atoms with E-state index in [9.17, 15) is 8.42 Å². The third kappa shape index (κ3) is 3.16. The van der Waals surface area contributed by atoms with Crippen molar-refractivity contribution < 1.29 is 12.6 Å². The number of rotatable bonds is 5. The molecule has 4 nitrogen and oxygen atoms in total. The van der Waals surface area contributed by atoms with Gasteiger partial charge in [-0.15, -0.1) is 0 Å². The fraction of sp³-hybridized carbons (Fsp3) is 0.118. The lowest BCUT2D eigenvalue weighted by Gasteiger charge is -2.08. The minimum atomic E-state index is -3.82. The summed E-state index contributed by atoms with van der Waals surface area (Å²) in [6, 6.07) is 18.3. The highest BCUT2D eigenvalue weighted by Gasteiger charge is 2.18. The zero-order valence-electron chi connectivity index (χ0n) is 11.8. The first-order valence-electron chi connectivity index (χ1n) is 6.94. The minimum absolute atomic E-state index is 0.107. The van der Waals surface area contributed by atoms with E-state index in [-0.39, 0.29) is 11.5 Å². The Morgan fingerprint density at radius 3 is 2.50 bits per heavy atom. The fourth-order valence-corrected chi connectivity index (χ4v) is 3.34. The van der Waals surface area contributed by atoms with Crippen molar-refractivity contribution in [1.29, 1.82) is 0 Å². The van der Waals surface area contributed by atoms with Gasteiger partial charge >= 0.3 is 0 Å². The number of benzene rings is 2. The quantitative estimate of drug-likeness (QED) is 0.679. The van der Waals surface area contributed by atoms with Crippen LogP contribution in [0.2, 0.25) is 0 Å². The van der Waals surface area contributed by atoms with Crippen LogP contribution in [0.4, 0.5) is 0 Å². The smallest absolute Gasteiger partial charge is 0.266 e. The van der Waals surface area contributed by atoms with Crippen molar-refractivity contribution in [2.45, 2.75) is 11.3 Å². The predicted molar refractivity (Wildman–Crippen MR) is 85.0 cm³/mol. The van der Waals surface area contributed by atoms with Gasteiger partial charge < -0.3 is 0 Å². The largest absolute Gasteiger partial charge is 0.299 e. The molecule has 112 valence electrons. The average Bonchev–Trinajstić information content (AvgIpc) is 2.55. The highest BCUT2D eigenvalue weighted by molar-refractivity contribution is 7.87. The molecule has 0 aliphatic carbocycles. The van der Waals surface area contributed by atoms with Gasteiger partial charge in [0.25, 0.3) is 10.1 Å². The van der Waals surface area contributed by atoms with Gasteiger partial charge in [0.2, 0.25) is 0 Å². The number of hydrogen-bond donors (Lipinski definition) is 0. The molecule has 1 aromatic heterocycles. The number of pyridine rings is 1. The Morgan fingerprint density at radius 1 is 0.909 bits per heavy atom. The van der Waals surface area contributed by atoms with Crippen LogP contribution in [0.1, 0.15) is 5.56 Å². The summed E-state index contributed by atoms with van der Waals surface area (Å²) in [6.07, 6.45) is 2.11. The van der Waals surface area contributed by atoms with Crippen molar-refractivity contribution in [2.24, 2.45) is 0 Å². The molecule has 0 N–H and O–H groups in total. The normalized spacial score (nSPS) is 11.6. The van der Waals surface area contributed by atoms with Gasteiger partial charge in [0.05, 0.1) is 12.1 Å². The minimum Gasteiger partial charge on any atom is -0.266 e. The molecule has 0 radical (unpaired) electrons. The third-order valence-corrected chi connectivity index (χ3v) is 4.68. The maximum Gasteiger partial charge on any atom is 0.299 e. The van der Waals surface area contributed by atoms with Crippen LogP contribution in [-0.2, 0) is 20.7 Å². The number of hydrogen-bond acceptors (Lipinski definition) is 4. The van der Waals surface area contributed by atoms with E-state index in [2.05, 4.69) is 4.98 Å². The van der Waals surface area contributed by atoms with E-state index in [1.807, 2.05) is 42.5 Å². The molecule has 0 saturated heterocycles. The zero-order chi connectivity index (χ0) is 15.4. The molecule has 0 unspecified atom stereocenters. The lowest BCUT2D eigenvalue weighted by Crippen LogP contribution is -2.10. The average molecular weight is 313 g/mol. The summed E-state index contributed by atoms with van der Waals surface area (Å²) in [4.78, 5) is 4.26. The maximum atomic E-state index is 12.4. The Bertz CT molecular complexity index is 871. The first-order chi connectivity index (χ1) is 10.7. The van der Waals surface area contributed by atoms with E-state index in [1.165, 1.54) is 6.07 Å². The molecule has 0 aliphatic rings. The summed E-state index contributed by atoms with van der Waals surface area (Å²) in [5, 5.41) is 0.773. The van der Waals surface area contributed by atoms with Gasteiger partial charge in [-0.2, -0.15) is 8.42 Å². The topological polar surface area (TPSA) is 56.3 Å². The molecule has 0 fully saturated rings. The Labute approximate surface area is 129 Å². The molecule has 22 heavy (non-hydrogen) atoms. The van der Waals surface area contributed by atoms with E-state index < -0.39 is 10.1 Å². The van der Waals surface area contributed by atoms with Crippen molar-refractivity contribution in [2.75, 3.05) is 6.61 Å². The van der Waals surface area contributed by atoms with E-state index in [1.54, 1.807) is 18.3 Å².